The first kappa shape index (κ1) is 14.4. The smallest absolute Gasteiger partial charge is 0.162 e. The molecule has 0 aliphatic carbocycles. The van der Waals surface area contributed by atoms with E-state index in [-0.39, 0.29) is 5.75 Å². The van der Waals surface area contributed by atoms with Crippen LogP contribution >= 0.6 is 27.3 Å². The molecule has 0 radical (unpaired) electrons. The zero-order valence-electron chi connectivity index (χ0n) is 10.6. The maximum Gasteiger partial charge on any atom is 0.162 e. The molecule has 0 spiro atoms. The summed E-state index contributed by atoms with van der Waals surface area (Å²) in [4.78, 5) is 1.25. The number of halogens is 1. The van der Waals surface area contributed by atoms with E-state index in [1.54, 1.807) is 17.4 Å². The summed E-state index contributed by atoms with van der Waals surface area (Å²) in [5, 5.41) is 15.4. The molecule has 0 unspecified atom stereocenters. The molecule has 0 saturated carbocycles. The van der Waals surface area contributed by atoms with Crippen LogP contribution in [0.4, 0.5) is 0 Å². The largest absolute Gasteiger partial charge is 0.504 e. The molecule has 2 aromatic rings. The SMILES string of the molecule is CCOc1cccc(CNCc2sccc2Br)c1O. The van der Waals surface area contributed by atoms with Crippen LogP contribution in [0.15, 0.2) is 34.1 Å². The number of hydrogen-bond donors (Lipinski definition) is 2. The van der Waals surface area contributed by atoms with Crippen molar-refractivity contribution in [3.8, 4) is 11.5 Å². The Morgan fingerprint density at radius 2 is 2.16 bits per heavy atom. The van der Waals surface area contributed by atoms with Gasteiger partial charge in [-0.1, -0.05) is 12.1 Å². The van der Waals surface area contributed by atoms with E-state index in [0.717, 1.165) is 16.6 Å². The summed E-state index contributed by atoms with van der Waals surface area (Å²) in [6.45, 7) is 3.83. The fourth-order valence-corrected chi connectivity index (χ4v) is 3.21. The number of phenols is 1. The molecule has 3 nitrogen and oxygen atoms in total. The lowest BCUT2D eigenvalue weighted by Crippen LogP contribution is -2.12. The van der Waals surface area contributed by atoms with E-state index in [0.29, 0.717) is 18.9 Å². The standard InChI is InChI=1S/C14H16BrNO2S/c1-2-18-12-5-3-4-10(14(12)17)8-16-9-13-11(15)6-7-19-13/h3-7,16-17H,2,8-9H2,1H3. The van der Waals surface area contributed by atoms with Crippen LogP contribution in [0, 0.1) is 0 Å². The molecule has 0 aliphatic heterocycles. The molecule has 0 atom stereocenters. The van der Waals surface area contributed by atoms with Crippen molar-refractivity contribution >= 4 is 27.3 Å². The first-order valence-electron chi connectivity index (χ1n) is 6.08. The molecule has 0 amide bonds. The molecule has 0 aliphatic rings. The molecular weight excluding hydrogens is 326 g/mol. The van der Waals surface area contributed by atoms with Gasteiger partial charge in [-0.2, -0.15) is 0 Å². The Kier molecular flexibility index (Phi) is 5.24. The van der Waals surface area contributed by atoms with Gasteiger partial charge in [0.2, 0.25) is 0 Å². The quantitative estimate of drug-likeness (QED) is 0.836. The van der Waals surface area contributed by atoms with Gasteiger partial charge in [0.05, 0.1) is 6.61 Å². The summed E-state index contributed by atoms with van der Waals surface area (Å²) in [5.41, 5.74) is 0.846. The van der Waals surface area contributed by atoms with Gasteiger partial charge < -0.3 is 15.2 Å². The molecule has 0 bridgehead atoms. The second-order valence-electron chi connectivity index (χ2n) is 3.99. The Hall–Kier alpha value is -1.04. The van der Waals surface area contributed by atoms with E-state index in [1.807, 2.05) is 30.5 Å². The van der Waals surface area contributed by atoms with Crippen LogP contribution in [0.1, 0.15) is 17.4 Å². The van der Waals surface area contributed by atoms with E-state index < -0.39 is 0 Å². The van der Waals surface area contributed by atoms with Gasteiger partial charge in [0.1, 0.15) is 0 Å². The van der Waals surface area contributed by atoms with Crippen LogP contribution in [0.2, 0.25) is 0 Å². The normalized spacial score (nSPS) is 10.6. The average Bonchev–Trinajstić information content (AvgIpc) is 2.80. The molecule has 5 heteroatoms. The van der Waals surface area contributed by atoms with Crippen LogP contribution in [-0.2, 0) is 13.1 Å². The molecule has 0 saturated heterocycles. The third kappa shape index (κ3) is 3.72. The molecule has 0 fully saturated rings. The van der Waals surface area contributed by atoms with Gasteiger partial charge in [-0.25, -0.2) is 0 Å². The number of para-hydroxylation sites is 1. The number of aromatic hydroxyl groups is 1. The van der Waals surface area contributed by atoms with Gasteiger partial charge in [0.25, 0.3) is 0 Å². The van der Waals surface area contributed by atoms with Crippen molar-refractivity contribution in [1.29, 1.82) is 0 Å². The second-order valence-corrected chi connectivity index (χ2v) is 5.85. The van der Waals surface area contributed by atoms with Crippen molar-refractivity contribution in [2.75, 3.05) is 6.61 Å². The first-order chi connectivity index (χ1) is 9.22. The maximum absolute atomic E-state index is 10.1. The number of thiophene rings is 1. The summed E-state index contributed by atoms with van der Waals surface area (Å²) in [6.07, 6.45) is 0. The maximum atomic E-state index is 10.1. The highest BCUT2D eigenvalue weighted by Gasteiger charge is 2.08. The molecule has 2 rings (SSSR count). The molecule has 19 heavy (non-hydrogen) atoms. The Morgan fingerprint density at radius 3 is 2.84 bits per heavy atom. The summed E-state index contributed by atoms with van der Waals surface area (Å²) >= 11 is 5.20. The molecule has 1 aromatic carbocycles. The Balaban J connectivity index is 1.96. The number of ether oxygens (including phenoxy) is 1. The minimum atomic E-state index is 0.224. The number of rotatable bonds is 6. The van der Waals surface area contributed by atoms with E-state index >= 15 is 0 Å². The zero-order valence-corrected chi connectivity index (χ0v) is 13.1. The van der Waals surface area contributed by atoms with Crippen molar-refractivity contribution in [2.45, 2.75) is 20.0 Å². The molecule has 1 aromatic heterocycles. The highest BCUT2D eigenvalue weighted by atomic mass is 79.9. The number of nitrogens with one attached hydrogen (secondary N) is 1. The van der Waals surface area contributed by atoms with Gasteiger partial charge in [0.15, 0.2) is 11.5 Å². The monoisotopic (exact) mass is 341 g/mol. The zero-order chi connectivity index (χ0) is 13.7. The summed E-state index contributed by atoms with van der Waals surface area (Å²) in [7, 11) is 0. The Labute approximate surface area is 125 Å². The van der Waals surface area contributed by atoms with Crippen LogP contribution in [0.25, 0.3) is 0 Å². The predicted molar refractivity (Wildman–Crippen MR) is 81.8 cm³/mol. The highest BCUT2D eigenvalue weighted by Crippen LogP contribution is 2.30. The van der Waals surface area contributed by atoms with Gasteiger partial charge in [-0.05, 0) is 40.4 Å². The van der Waals surface area contributed by atoms with Gasteiger partial charge in [0, 0.05) is 28.0 Å². The lowest BCUT2D eigenvalue weighted by atomic mass is 10.2. The molecule has 102 valence electrons. The summed E-state index contributed by atoms with van der Waals surface area (Å²) < 4.78 is 6.49. The van der Waals surface area contributed by atoms with Crippen molar-refractivity contribution < 1.29 is 9.84 Å². The van der Waals surface area contributed by atoms with Crippen molar-refractivity contribution in [1.82, 2.24) is 5.32 Å². The molecule has 2 N–H and O–H groups in total. The third-order valence-corrected chi connectivity index (χ3v) is 4.60. The fraction of sp³-hybridized carbons (Fsp3) is 0.286. The first-order valence-corrected chi connectivity index (χ1v) is 7.76. The second kappa shape index (κ2) is 6.93. The minimum Gasteiger partial charge on any atom is -0.504 e. The minimum absolute atomic E-state index is 0.224. The van der Waals surface area contributed by atoms with Crippen molar-refractivity contribution in [3.63, 3.8) is 0 Å². The van der Waals surface area contributed by atoms with Crippen LogP contribution in [-0.4, -0.2) is 11.7 Å². The van der Waals surface area contributed by atoms with E-state index in [2.05, 4.69) is 21.2 Å². The summed E-state index contributed by atoms with van der Waals surface area (Å²) in [5.74, 6) is 0.765. The predicted octanol–water partition coefficient (Wildman–Crippen LogP) is 3.90. The Bertz CT molecular complexity index is 542. The average molecular weight is 342 g/mol. The van der Waals surface area contributed by atoms with E-state index in [9.17, 15) is 5.11 Å². The van der Waals surface area contributed by atoms with Crippen LogP contribution in [0.5, 0.6) is 11.5 Å². The molecular formula is C14H16BrNO2S. The van der Waals surface area contributed by atoms with Crippen LogP contribution < -0.4 is 10.1 Å². The van der Waals surface area contributed by atoms with Gasteiger partial charge in [-0.15, -0.1) is 11.3 Å². The third-order valence-electron chi connectivity index (χ3n) is 2.67. The lowest BCUT2D eigenvalue weighted by Gasteiger charge is -2.10. The number of hydrogen-bond acceptors (Lipinski definition) is 4. The topological polar surface area (TPSA) is 41.5 Å². The van der Waals surface area contributed by atoms with Crippen molar-refractivity contribution in [3.05, 3.63) is 44.6 Å². The van der Waals surface area contributed by atoms with E-state index in [1.165, 1.54) is 4.88 Å². The summed E-state index contributed by atoms with van der Waals surface area (Å²) in [6, 6.07) is 7.60. The molecule has 1 heterocycles. The van der Waals surface area contributed by atoms with E-state index in [4.69, 9.17) is 4.74 Å². The number of phenolic OH excluding ortho intramolecular Hbond substituents is 1. The van der Waals surface area contributed by atoms with Gasteiger partial charge >= 0.3 is 0 Å². The Morgan fingerprint density at radius 1 is 1.32 bits per heavy atom. The van der Waals surface area contributed by atoms with Crippen LogP contribution in [0.3, 0.4) is 0 Å². The lowest BCUT2D eigenvalue weighted by molar-refractivity contribution is 0.316. The van der Waals surface area contributed by atoms with Crippen molar-refractivity contribution in [2.24, 2.45) is 0 Å². The fourth-order valence-electron chi connectivity index (χ4n) is 1.74. The number of benzene rings is 1. The highest BCUT2D eigenvalue weighted by molar-refractivity contribution is 9.10. The van der Waals surface area contributed by atoms with Gasteiger partial charge in [-0.3, -0.25) is 0 Å².